The van der Waals surface area contributed by atoms with E-state index in [1.54, 1.807) is 0 Å². The molecule has 0 rings (SSSR count). The maximum Gasteiger partial charge on any atom is 0.252 e. The van der Waals surface area contributed by atoms with E-state index >= 15 is 0 Å². The fourth-order valence-electron chi connectivity index (χ4n) is 5.00. The predicted molar refractivity (Wildman–Crippen MR) is 173 cm³/mol. The number of amides is 1. The molecule has 0 saturated heterocycles. The molecule has 0 heterocycles. The van der Waals surface area contributed by atoms with Crippen molar-refractivity contribution in [2.24, 2.45) is 0 Å². The predicted octanol–water partition coefficient (Wildman–Crippen LogP) is 3.19. The monoisotopic (exact) mass is 623 g/mol. The number of hydrogen-bond donors (Lipinski definition) is 3. The highest BCUT2D eigenvalue weighted by Gasteiger charge is 2.35. The number of ether oxygens (including phenoxy) is 2. The Kier molecular flexibility index (Phi) is 39.7. The molecule has 0 aliphatic rings. The zero-order chi connectivity index (χ0) is 29.5. The molecule has 0 bridgehead atoms. The van der Waals surface area contributed by atoms with Crippen LogP contribution in [0.15, 0.2) is 0 Å². The standard InChI is InChI=1S/C33H67N3O4.CH4.ClH/c1-3-5-7-9-11-13-15-17-19-21-28-39-31(30(37)24-23-25-34)32(33(38)36-27-26-35)40-29-22-20-18-16-14-12-10-8-6-4-2;;/h31-32H,3-29,34-35H2,1-2H3,(H,36,38);1H4;1H/p+1/t31-,32+;;/m0../s1. The molecule has 0 aliphatic carbocycles. The van der Waals surface area contributed by atoms with Crippen molar-refractivity contribution in [2.45, 2.75) is 175 Å². The molecule has 7 nitrogen and oxygen atoms in total. The molecule has 1 amide bonds. The number of ketones is 1. The van der Waals surface area contributed by atoms with Crippen LogP contribution in [0.1, 0.15) is 163 Å². The second-order valence-corrected chi connectivity index (χ2v) is 11.5. The molecule has 0 saturated carbocycles. The number of halogens is 1. The van der Waals surface area contributed by atoms with Crippen molar-refractivity contribution in [2.75, 3.05) is 32.8 Å². The second kappa shape index (κ2) is 36.5. The van der Waals surface area contributed by atoms with Gasteiger partial charge in [0.05, 0.1) is 19.6 Å². The van der Waals surface area contributed by atoms with Crippen LogP contribution in [0.25, 0.3) is 0 Å². The van der Waals surface area contributed by atoms with Gasteiger partial charge in [0, 0.05) is 26.1 Å². The maximum absolute atomic E-state index is 13.1. The lowest BCUT2D eigenvalue weighted by Gasteiger charge is -2.26. The summed E-state index contributed by atoms with van der Waals surface area (Å²) >= 11 is 0. The van der Waals surface area contributed by atoms with Crippen molar-refractivity contribution in [1.29, 1.82) is 0 Å². The third-order valence-electron chi connectivity index (χ3n) is 7.59. The van der Waals surface area contributed by atoms with Gasteiger partial charge >= 0.3 is 0 Å². The highest BCUT2D eigenvalue weighted by atomic mass is 35.5. The van der Waals surface area contributed by atoms with E-state index in [1.165, 1.54) is 103 Å². The molecule has 0 spiro atoms. The Morgan fingerprint density at radius 2 is 0.952 bits per heavy atom. The summed E-state index contributed by atoms with van der Waals surface area (Å²) in [4.78, 5) is 26.1. The lowest BCUT2D eigenvalue weighted by atomic mass is 10.0. The summed E-state index contributed by atoms with van der Waals surface area (Å²) in [5, 5.41) is 2.89. The van der Waals surface area contributed by atoms with Crippen molar-refractivity contribution >= 4 is 11.7 Å². The fourth-order valence-corrected chi connectivity index (χ4v) is 5.00. The third-order valence-corrected chi connectivity index (χ3v) is 7.59. The number of carbonyl (C=O) groups is 2. The van der Waals surface area contributed by atoms with Gasteiger partial charge in [0.15, 0.2) is 18.0 Å². The van der Waals surface area contributed by atoms with E-state index in [4.69, 9.17) is 9.47 Å². The highest BCUT2D eigenvalue weighted by Crippen LogP contribution is 2.15. The van der Waals surface area contributed by atoms with E-state index in [0.717, 1.165) is 25.7 Å². The van der Waals surface area contributed by atoms with Crippen molar-refractivity contribution in [3.63, 3.8) is 0 Å². The van der Waals surface area contributed by atoms with Gasteiger partial charge in [0.2, 0.25) is 0 Å². The van der Waals surface area contributed by atoms with Gasteiger partial charge in [-0.1, -0.05) is 137 Å². The first-order valence-corrected chi connectivity index (χ1v) is 17.2. The summed E-state index contributed by atoms with van der Waals surface area (Å²) < 4.78 is 12.2. The third kappa shape index (κ3) is 28.1. The van der Waals surface area contributed by atoms with Gasteiger partial charge in [0.1, 0.15) is 0 Å². The van der Waals surface area contributed by atoms with Crippen LogP contribution in [-0.2, 0) is 19.1 Å². The van der Waals surface area contributed by atoms with Crippen LogP contribution in [0.4, 0.5) is 0 Å². The van der Waals surface area contributed by atoms with E-state index in [9.17, 15) is 9.59 Å². The van der Waals surface area contributed by atoms with Gasteiger partial charge in [-0.15, -0.1) is 0 Å². The average Bonchev–Trinajstić information content (AvgIpc) is 2.96. The van der Waals surface area contributed by atoms with Crippen LogP contribution in [0.2, 0.25) is 0 Å². The maximum atomic E-state index is 13.1. The van der Waals surface area contributed by atoms with Crippen molar-refractivity contribution in [3.05, 3.63) is 0 Å². The van der Waals surface area contributed by atoms with E-state index in [0.29, 0.717) is 45.7 Å². The summed E-state index contributed by atoms with van der Waals surface area (Å²) in [5.41, 5.74) is 7.69. The smallest absolute Gasteiger partial charge is 0.252 e. The SMILES string of the molecule is C.CCCCCCCCCCCCO[C@@H](C(=O)CCC[NH3+])[C@@H](OCCCCCCCCCCCC)C(=O)NCC[NH3+].[Cl-]. The number of quaternary nitrogens is 2. The van der Waals surface area contributed by atoms with Crippen LogP contribution < -0.4 is 29.2 Å². The van der Waals surface area contributed by atoms with Gasteiger partial charge in [0.25, 0.3) is 5.91 Å². The summed E-state index contributed by atoms with van der Waals surface area (Å²) in [6.45, 7) is 7.21. The zero-order valence-corrected chi connectivity index (χ0v) is 27.9. The molecule has 0 aromatic heterocycles. The molecule has 0 fully saturated rings. The Labute approximate surface area is 267 Å². The Hall–Kier alpha value is -0.730. The molecule has 0 aromatic rings. The molecule has 0 aliphatic heterocycles. The quantitative estimate of drug-likeness (QED) is 0.0998. The number of unbranched alkanes of at least 4 members (excludes halogenated alkanes) is 18. The number of hydrogen-bond acceptors (Lipinski definition) is 4. The summed E-state index contributed by atoms with van der Waals surface area (Å²) in [6, 6.07) is 0. The van der Waals surface area contributed by atoms with Crippen LogP contribution in [0.5, 0.6) is 0 Å². The van der Waals surface area contributed by atoms with E-state index in [2.05, 4.69) is 30.6 Å². The molecular formula is C34H73ClN3O4+. The Bertz CT molecular complexity index is 521. The Morgan fingerprint density at radius 1 is 0.571 bits per heavy atom. The van der Waals surface area contributed by atoms with Gasteiger partial charge < -0.3 is 38.7 Å². The molecular weight excluding hydrogens is 550 g/mol. The topological polar surface area (TPSA) is 120 Å². The molecule has 8 heteroatoms. The van der Waals surface area contributed by atoms with Crippen LogP contribution in [-0.4, -0.2) is 56.7 Å². The number of rotatable bonds is 32. The molecule has 42 heavy (non-hydrogen) atoms. The lowest BCUT2D eigenvalue weighted by Crippen LogP contribution is -3.00. The van der Waals surface area contributed by atoms with E-state index < -0.39 is 12.2 Å². The van der Waals surface area contributed by atoms with Crippen molar-refractivity contribution < 1.29 is 42.9 Å². The van der Waals surface area contributed by atoms with Crippen molar-refractivity contribution in [3.8, 4) is 0 Å². The van der Waals surface area contributed by atoms with Crippen LogP contribution in [0.3, 0.4) is 0 Å². The molecule has 2 atom stereocenters. The first-order chi connectivity index (χ1) is 19.6. The normalized spacial score (nSPS) is 12.3. The average molecular weight is 623 g/mol. The molecule has 7 N–H and O–H groups in total. The van der Waals surface area contributed by atoms with Gasteiger partial charge in [-0.25, -0.2) is 0 Å². The van der Waals surface area contributed by atoms with Gasteiger partial charge in [-0.3, -0.25) is 9.59 Å². The Morgan fingerprint density at radius 3 is 1.33 bits per heavy atom. The number of nitrogens with one attached hydrogen (secondary N) is 1. The minimum atomic E-state index is -0.898. The van der Waals surface area contributed by atoms with Crippen LogP contribution >= 0.6 is 0 Å². The molecule has 0 unspecified atom stereocenters. The summed E-state index contributed by atoms with van der Waals surface area (Å²) in [5.74, 6) is -0.305. The van der Waals surface area contributed by atoms with E-state index in [1.807, 2.05) is 0 Å². The molecule has 0 aromatic carbocycles. The minimum absolute atomic E-state index is 0. The first-order valence-electron chi connectivity index (χ1n) is 17.2. The fraction of sp³-hybridized carbons (Fsp3) is 0.941. The number of Topliss-reactive ketones (excluding diaryl/α,β-unsaturated/α-hetero) is 1. The summed E-state index contributed by atoms with van der Waals surface area (Å²) in [7, 11) is 0. The van der Waals surface area contributed by atoms with Gasteiger partial charge in [-0.05, 0) is 12.8 Å². The molecule has 254 valence electrons. The number of carbonyl (C=O) groups excluding carboxylic acids is 2. The van der Waals surface area contributed by atoms with Crippen molar-refractivity contribution in [1.82, 2.24) is 5.32 Å². The summed E-state index contributed by atoms with van der Waals surface area (Å²) in [6.07, 6.45) is 24.2. The highest BCUT2D eigenvalue weighted by molar-refractivity contribution is 5.92. The van der Waals surface area contributed by atoms with E-state index in [-0.39, 0.29) is 31.5 Å². The zero-order valence-electron chi connectivity index (χ0n) is 27.2. The second-order valence-electron chi connectivity index (χ2n) is 11.5. The minimum Gasteiger partial charge on any atom is -1.00 e. The Balaban J connectivity index is -0.00000760. The van der Waals surface area contributed by atoms with Gasteiger partial charge in [-0.2, -0.15) is 0 Å². The largest absolute Gasteiger partial charge is 1.00 e. The lowest BCUT2D eigenvalue weighted by molar-refractivity contribution is -0.368. The first kappa shape index (κ1) is 45.7. The van der Waals surface area contributed by atoms with Crippen LogP contribution in [0, 0.1) is 0 Å². The molecule has 0 radical (unpaired) electrons.